The normalized spacial score (nSPS) is 20.2. The standard InChI is InChI=1S/C19H29NO4/c21-17(22)13-7-5-3-1-2-4-6-10-14-20-18(23)15-11-8-9-12-16(15)19(20)24/h8-9,11-12,18-19,23-24H,1-7,10,13-14H2,(H,21,22). The van der Waals surface area contributed by atoms with Crippen LogP contribution in [-0.2, 0) is 4.79 Å². The van der Waals surface area contributed by atoms with Gasteiger partial charge in [-0.1, -0.05) is 62.8 Å². The molecule has 2 unspecified atom stereocenters. The summed E-state index contributed by atoms with van der Waals surface area (Å²) >= 11 is 0. The zero-order valence-electron chi connectivity index (χ0n) is 14.2. The molecule has 1 aliphatic heterocycles. The second kappa shape index (κ2) is 9.77. The molecule has 0 aliphatic carbocycles. The van der Waals surface area contributed by atoms with Crippen LogP contribution in [0.1, 0.15) is 81.4 Å². The molecule has 1 aromatic carbocycles. The molecule has 0 spiro atoms. The second-order valence-corrected chi connectivity index (χ2v) is 6.59. The number of unbranched alkanes of at least 4 members (excludes halogenated alkanes) is 7. The van der Waals surface area contributed by atoms with Crippen LogP contribution < -0.4 is 0 Å². The van der Waals surface area contributed by atoms with Crippen molar-refractivity contribution in [3.8, 4) is 0 Å². The highest BCUT2D eigenvalue weighted by molar-refractivity contribution is 5.66. The Bertz CT molecular complexity index is 491. The highest BCUT2D eigenvalue weighted by Gasteiger charge is 2.35. The summed E-state index contributed by atoms with van der Waals surface area (Å²) in [5.74, 6) is -0.705. The van der Waals surface area contributed by atoms with Crippen LogP contribution in [0.2, 0.25) is 0 Å². The molecule has 3 N–H and O–H groups in total. The van der Waals surface area contributed by atoms with Gasteiger partial charge < -0.3 is 15.3 Å². The summed E-state index contributed by atoms with van der Waals surface area (Å²) < 4.78 is 0. The lowest BCUT2D eigenvalue weighted by Gasteiger charge is -2.24. The molecule has 0 bridgehead atoms. The van der Waals surface area contributed by atoms with Gasteiger partial charge in [-0.15, -0.1) is 0 Å². The van der Waals surface area contributed by atoms with Crippen LogP contribution in [0, 0.1) is 0 Å². The summed E-state index contributed by atoms with van der Waals surface area (Å²) in [6.07, 6.45) is 7.26. The highest BCUT2D eigenvalue weighted by atomic mass is 16.4. The fourth-order valence-corrected chi connectivity index (χ4v) is 3.35. The molecule has 5 nitrogen and oxygen atoms in total. The van der Waals surface area contributed by atoms with Crippen molar-refractivity contribution in [3.63, 3.8) is 0 Å². The Labute approximate surface area is 143 Å². The number of nitrogens with zero attached hydrogens (tertiary/aromatic N) is 1. The van der Waals surface area contributed by atoms with Gasteiger partial charge in [0, 0.05) is 24.1 Å². The van der Waals surface area contributed by atoms with Gasteiger partial charge in [0.25, 0.3) is 0 Å². The van der Waals surface area contributed by atoms with Gasteiger partial charge in [-0.05, 0) is 12.8 Å². The van der Waals surface area contributed by atoms with E-state index in [4.69, 9.17) is 5.11 Å². The van der Waals surface area contributed by atoms with Crippen molar-refractivity contribution < 1.29 is 20.1 Å². The molecule has 0 radical (unpaired) electrons. The minimum absolute atomic E-state index is 0.281. The van der Waals surface area contributed by atoms with Crippen molar-refractivity contribution in [1.29, 1.82) is 0 Å². The quantitative estimate of drug-likeness (QED) is 0.539. The van der Waals surface area contributed by atoms with Gasteiger partial charge in [0.15, 0.2) is 0 Å². The van der Waals surface area contributed by atoms with Gasteiger partial charge >= 0.3 is 5.97 Å². The summed E-state index contributed by atoms with van der Waals surface area (Å²) in [6, 6.07) is 7.50. The summed E-state index contributed by atoms with van der Waals surface area (Å²) in [6.45, 7) is 0.690. The van der Waals surface area contributed by atoms with Crippen LogP contribution >= 0.6 is 0 Å². The minimum atomic E-state index is -0.705. The number of carboxylic acids is 1. The van der Waals surface area contributed by atoms with E-state index in [1.807, 2.05) is 24.3 Å². The first-order chi connectivity index (χ1) is 11.6. The van der Waals surface area contributed by atoms with E-state index in [9.17, 15) is 15.0 Å². The summed E-state index contributed by atoms with van der Waals surface area (Å²) in [5, 5.41) is 29.2. The van der Waals surface area contributed by atoms with Gasteiger partial charge in [0.05, 0.1) is 0 Å². The largest absolute Gasteiger partial charge is 0.481 e. The number of carboxylic acid groups (broad SMARTS) is 1. The fraction of sp³-hybridized carbons (Fsp3) is 0.632. The zero-order chi connectivity index (χ0) is 17.4. The number of benzene rings is 1. The van der Waals surface area contributed by atoms with Crippen molar-refractivity contribution in [1.82, 2.24) is 4.90 Å². The Hall–Kier alpha value is -1.43. The molecule has 2 rings (SSSR count). The van der Waals surface area contributed by atoms with E-state index in [0.717, 1.165) is 56.1 Å². The summed E-state index contributed by atoms with van der Waals surface area (Å²) in [5.41, 5.74) is 1.62. The highest BCUT2D eigenvalue weighted by Crippen LogP contribution is 2.38. The molecule has 0 amide bonds. The monoisotopic (exact) mass is 335 g/mol. The van der Waals surface area contributed by atoms with Crippen molar-refractivity contribution >= 4 is 5.97 Å². The number of carbonyl (C=O) groups is 1. The Morgan fingerprint density at radius 2 is 1.29 bits per heavy atom. The van der Waals surface area contributed by atoms with Crippen LogP contribution in [0.4, 0.5) is 0 Å². The number of aliphatic carboxylic acids is 1. The maximum atomic E-state index is 10.4. The molecule has 0 fully saturated rings. The van der Waals surface area contributed by atoms with E-state index in [1.54, 1.807) is 4.90 Å². The Kier molecular flexibility index (Phi) is 7.69. The summed E-state index contributed by atoms with van der Waals surface area (Å²) in [4.78, 5) is 12.1. The third-order valence-electron chi connectivity index (χ3n) is 4.74. The van der Waals surface area contributed by atoms with Crippen molar-refractivity contribution in [2.24, 2.45) is 0 Å². The molecule has 0 aromatic heterocycles. The Balaban J connectivity index is 1.53. The molecule has 0 saturated carbocycles. The van der Waals surface area contributed by atoms with E-state index in [2.05, 4.69) is 0 Å². The van der Waals surface area contributed by atoms with E-state index >= 15 is 0 Å². The van der Waals surface area contributed by atoms with E-state index in [-0.39, 0.29) is 6.42 Å². The average Bonchev–Trinajstić information content (AvgIpc) is 2.81. The number of aliphatic hydroxyl groups excluding tert-OH is 2. The predicted molar refractivity (Wildman–Crippen MR) is 92.3 cm³/mol. The third kappa shape index (κ3) is 5.30. The minimum Gasteiger partial charge on any atom is -0.481 e. The SMILES string of the molecule is O=C(O)CCCCCCCCCCN1C(O)c2ccccc2C1O. The van der Waals surface area contributed by atoms with Gasteiger partial charge in [-0.2, -0.15) is 0 Å². The van der Waals surface area contributed by atoms with E-state index in [1.165, 1.54) is 6.42 Å². The number of hydrogen-bond donors (Lipinski definition) is 3. The van der Waals surface area contributed by atoms with Crippen molar-refractivity contribution in [2.45, 2.75) is 70.2 Å². The molecular formula is C19H29NO4. The fourth-order valence-electron chi connectivity index (χ4n) is 3.35. The van der Waals surface area contributed by atoms with Crippen LogP contribution in [0.15, 0.2) is 24.3 Å². The predicted octanol–water partition coefficient (Wildman–Crippen LogP) is 3.58. The van der Waals surface area contributed by atoms with Crippen LogP contribution in [0.3, 0.4) is 0 Å². The Morgan fingerprint density at radius 3 is 1.79 bits per heavy atom. The lowest BCUT2D eigenvalue weighted by Crippen LogP contribution is -2.27. The van der Waals surface area contributed by atoms with Gasteiger partial charge in [0.2, 0.25) is 0 Å². The van der Waals surface area contributed by atoms with E-state index < -0.39 is 18.4 Å². The number of fused-ring (bicyclic) bond motifs is 1. The Morgan fingerprint density at radius 1 is 0.833 bits per heavy atom. The van der Waals surface area contributed by atoms with Crippen molar-refractivity contribution in [3.05, 3.63) is 35.4 Å². The third-order valence-corrected chi connectivity index (χ3v) is 4.74. The van der Waals surface area contributed by atoms with Gasteiger partial charge in [0.1, 0.15) is 12.5 Å². The lowest BCUT2D eigenvalue weighted by molar-refractivity contribution is -0.137. The van der Waals surface area contributed by atoms with Crippen LogP contribution in [-0.4, -0.2) is 32.7 Å². The molecule has 24 heavy (non-hydrogen) atoms. The number of hydrogen-bond acceptors (Lipinski definition) is 4. The first-order valence-corrected chi connectivity index (χ1v) is 9.04. The van der Waals surface area contributed by atoms with E-state index in [0.29, 0.717) is 6.54 Å². The molecule has 1 heterocycles. The molecular weight excluding hydrogens is 306 g/mol. The van der Waals surface area contributed by atoms with Crippen LogP contribution in [0.5, 0.6) is 0 Å². The average molecular weight is 335 g/mol. The topological polar surface area (TPSA) is 81.0 Å². The molecule has 1 aromatic rings. The van der Waals surface area contributed by atoms with Crippen LogP contribution in [0.25, 0.3) is 0 Å². The number of aliphatic hydroxyl groups is 2. The second-order valence-electron chi connectivity index (χ2n) is 6.59. The maximum Gasteiger partial charge on any atom is 0.303 e. The smallest absolute Gasteiger partial charge is 0.303 e. The molecule has 5 heteroatoms. The molecule has 1 aliphatic rings. The first kappa shape index (κ1) is 18.9. The van der Waals surface area contributed by atoms with Gasteiger partial charge in [-0.25, -0.2) is 4.90 Å². The maximum absolute atomic E-state index is 10.4. The molecule has 134 valence electrons. The number of rotatable bonds is 11. The summed E-state index contributed by atoms with van der Waals surface area (Å²) in [7, 11) is 0. The van der Waals surface area contributed by atoms with Crippen molar-refractivity contribution in [2.75, 3.05) is 6.54 Å². The lowest BCUT2D eigenvalue weighted by atomic mass is 10.1. The zero-order valence-corrected chi connectivity index (χ0v) is 14.2. The first-order valence-electron chi connectivity index (χ1n) is 9.04. The molecule has 0 saturated heterocycles. The van der Waals surface area contributed by atoms with Gasteiger partial charge in [-0.3, -0.25) is 4.79 Å². The molecule has 2 atom stereocenters.